The molecule has 174 valence electrons. The van der Waals surface area contributed by atoms with Crippen LogP contribution in [0.25, 0.3) is 28.2 Å². The van der Waals surface area contributed by atoms with Gasteiger partial charge in [-0.2, -0.15) is 0 Å². The predicted octanol–water partition coefficient (Wildman–Crippen LogP) is 4.55. The van der Waals surface area contributed by atoms with Crippen LogP contribution in [0.1, 0.15) is 41.9 Å². The van der Waals surface area contributed by atoms with Gasteiger partial charge in [-0.15, -0.1) is 0 Å². The van der Waals surface area contributed by atoms with Gasteiger partial charge < -0.3 is 15.0 Å². The van der Waals surface area contributed by atoms with Gasteiger partial charge >= 0.3 is 0 Å². The summed E-state index contributed by atoms with van der Waals surface area (Å²) in [5, 5.41) is 0. The average Bonchev–Trinajstić information content (AvgIpc) is 3.54. The van der Waals surface area contributed by atoms with E-state index in [0.717, 1.165) is 36.2 Å². The van der Waals surface area contributed by atoms with Crippen LogP contribution < -0.4 is 5.73 Å². The van der Waals surface area contributed by atoms with E-state index >= 15 is 0 Å². The summed E-state index contributed by atoms with van der Waals surface area (Å²) in [6.45, 7) is 1.97. The van der Waals surface area contributed by atoms with E-state index in [1.165, 1.54) is 12.1 Å². The van der Waals surface area contributed by atoms with Crippen molar-refractivity contribution in [3.05, 3.63) is 66.0 Å². The highest BCUT2D eigenvalue weighted by Crippen LogP contribution is 2.44. The number of nitrogens with two attached hydrogens (primary N) is 1. The maximum Gasteiger partial charge on any atom is 0.185 e. The van der Waals surface area contributed by atoms with Crippen molar-refractivity contribution in [3.8, 4) is 22.5 Å². The molecule has 0 saturated heterocycles. The number of anilines is 1. The van der Waals surface area contributed by atoms with Gasteiger partial charge in [0.25, 0.3) is 0 Å². The first kappa shape index (κ1) is 22.2. The van der Waals surface area contributed by atoms with Crippen molar-refractivity contribution in [1.82, 2.24) is 24.3 Å². The second-order valence-corrected chi connectivity index (χ2v) is 9.25. The Morgan fingerprint density at radius 2 is 1.76 bits per heavy atom. The molecule has 3 heterocycles. The van der Waals surface area contributed by atoms with Gasteiger partial charge in [-0.25, -0.2) is 19.3 Å². The smallest absolute Gasteiger partial charge is 0.185 e. The molecule has 1 fully saturated rings. The second-order valence-electron chi connectivity index (χ2n) is 9.25. The van der Waals surface area contributed by atoms with E-state index in [-0.39, 0.29) is 28.7 Å². The molecule has 0 radical (unpaired) electrons. The van der Waals surface area contributed by atoms with Crippen LogP contribution in [0.4, 0.5) is 10.2 Å². The van der Waals surface area contributed by atoms with Gasteiger partial charge in [0.2, 0.25) is 0 Å². The number of hydrogen-bond donors (Lipinski definition) is 1. The zero-order valence-corrected chi connectivity index (χ0v) is 19.5. The number of fused-ring (bicyclic) bond motifs is 1. The normalized spacial score (nSPS) is 14.6. The fraction of sp³-hybridized carbons (Fsp3) is 0.308. The van der Waals surface area contributed by atoms with Crippen LogP contribution in [0, 0.1) is 12.7 Å². The van der Waals surface area contributed by atoms with Gasteiger partial charge in [0.1, 0.15) is 17.2 Å². The van der Waals surface area contributed by atoms with Crippen LogP contribution in [0.3, 0.4) is 0 Å². The highest BCUT2D eigenvalue weighted by Gasteiger charge is 2.44. The van der Waals surface area contributed by atoms with E-state index in [9.17, 15) is 9.18 Å². The number of benzene rings is 1. The molecule has 1 aliphatic carbocycles. The SMILES string of the molecule is Cc1cnc2ccc(-c3nc(C(=O)CCC4(N(C)C)CC4)c(N)nc3-c3ccc(F)cc3)cn12. The standard InChI is InChI=1S/C26H27FN6O/c1-16-14-29-21-9-6-18(15-33(16)21)23-22(17-4-7-19(27)8-5-17)31-25(28)24(30-23)20(34)10-11-26(12-13-26)32(2)3/h4-9,14-15H,10-13H2,1-3H3,(H2,28,31). The molecule has 0 amide bonds. The number of halogens is 1. The van der Waals surface area contributed by atoms with Gasteiger partial charge in [0.15, 0.2) is 11.6 Å². The van der Waals surface area contributed by atoms with Crippen LogP contribution in [0.5, 0.6) is 0 Å². The number of rotatable bonds is 7. The first-order valence-electron chi connectivity index (χ1n) is 11.4. The van der Waals surface area contributed by atoms with Crippen LogP contribution in [-0.2, 0) is 0 Å². The van der Waals surface area contributed by atoms with E-state index in [1.807, 2.05) is 29.7 Å². The Morgan fingerprint density at radius 1 is 1.09 bits per heavy atom. The number of carbonyl (C=O) groups is 1. The molecule has 0 unspecified atom stereocenters. The van der Waals surface area contributed by atoms with E-state index < -0.39 is 0 Å². The third-order valence-electron chi connectivity index (χ3n) is 6.86. The highest BCUT2D eigenvalue weighted by molar-refractivity contribution is 5.99. The number of hydrogen-bond acceptors (Lipinski definition) is 6. The van der Waals surface area contributed by atoms with Crippen molar-refractivity contribution in [3.63, 3.8) is 0 Å². The van der Waals surface area contributed by atoms with Crippen molar-refractivity contribution < 1.29 is 9.18 Å². The molecule has 8 heteroatoms. The molecule has 0 bridgehead atoms. The molecule has 2 N–H and O–H groups in total. The Morgan fingerprint density at radius 3 is 2.44 bits per heavy atom. The maximum atomic E-state index is 13.6. The van der Waals surface area contributed by atoms with E-state index in [0.29, 0.717) is 23.4 Å². The third kappa shape index (κ3) is 3.94. The minimum atomic E-state index is -0.344. The van der Waals surface area contributed by atoms with E-state index in [2.05, 4.69) is 29.0 Å². The number of nitrogens with zero attached hydrogens (tertiary/aromatic N) is 5. The molecule has 3 aromatic heterocycles. The molecule has 4 aromatic rings. The molecule has 0 aliphatic heterocycles. The van der Waals surface area contributed by atoms with Crippen molar-refractivity contribution in [1.29, 1.82) is 0 Å². The lowest BCUT2D eigenvalue weighted by Crippen LogP contribution is -2.30. The summed E-state index contributed by atoms with van der Waals surface area (Å²) in [7, 11) is 4.10. The first-order chi connectivity index (χ1) is 16.3. The molecule has 0 spiro atoms. The number of pyridine rings is 1. The molecular weight excluding hydrogens is 431 g/mol. The number of nitrogen functional groups attached to an aromatic ring is 1. The molecule has 5 rings (SSSR count). The first-order valence-corrected chi connectivity index (χ1v) is 11.4. The Bertz CT molecular complexity index is 1390. The number of carbonyl (C=O) groups excluding carboxylic acids is 1. The summed E-state index contributed by atoms with van der Waals surface area (Å²) < 4.78 is 15.5. The number of aromatic nitrogens is 4. The van der Waals surface area contributed by atoms with Gasteiger partial charge in [-0.1, -0.05) is 0 Å². The van der Waals surface area contributed by atoms with E-state index in [4.69, 9.17) is 10.7 Å². The summed E-state index contributed by atoms with van der Waals surface area (Å²) in [6, 6.07) is 9.81. The topological polar surface area (TPSA) is 89.4 Å². The van der Waals surface area contributed by atoms with Crippen LogP contribution in [0.2, 0.25) is 0 Å². The third-order valence-corrected chi connectivity index (χ3v) is 6.86. The summed E-state index contributed by atoms with van der Waals surface area (Å²) in [4.78, 5) is 29.1. The molecular formula is C26H27FN6O. The lowest BCUT2D eigenvalue weighted by atomic mass is 10.0. The molecule has 1 saturated carbocycles. The van der Waals surface area contributed by atoms with Crippen molar-refractivity contribution in [2.75, 3.05) is 19.8 Å². The summed E-state index contributed by atoms with van der Waals surface area (Å²) in [6.07, 6.45) is 7.01. The lowest BCUT2D eigenvalue weighted by Gasteiger charge is -2.23. The monoisotopic (exact) mass is 458 g/mol. The Balaban J connectivity index is 1.59. The Hall–Kier alpha value is -3.65. The second kappa shape index (κ2) is 8.29. The quantitative estimate of drug-likeness (QED) is 0.409. The summed E-state index contributed by atoms with van der Waals surface area (Å²) >= 11 is 0. The Kier molecular flexibility index (Phi) is 5.40. The average molecular weight is 459 g/mol. The minimum Gasteiger partial charge on any atom is -0.382 e. The highest BCUT2D eigenvalue weighted by atomic mass is 19.1. The largest absolute Gasteiger partial charge is 0.382 e. The fourth-order valence-electron chi connectivity index (χ4n) is 4.44. The number of Topliss-reactive ketones (excluding diaryl/α,β-unsaturated/α-hetero) is 1. The van der Waals surface area contributed by atoms with Gasteiger partial charge in [-0.05, 0) is 76.7 Å². The molecule has 0 atom stereocenters. The fourth-order valence-corrected chi connectivity index (χ4v) is 4.44. The van der Waals surface area contributed by atoms with Crippen molar-refractivity contribution in [2.45, 2.75) is 38.1 Å². The van der Waals surface area contributed by atoms with Crippen LogP contribution >= 0.6 is 0 Å². The summed E-state index contributed by atoms with van der Waals surface area (Å²) in [5.41, 5.74) is 10.8. The minimum absolute atomic E-state index is 0.0858. The van der Waals surface area contributed by atoms with Crippen molar-refractivity contribution >= 4 is 17.2 Å². The molecule has 1 aliphatic rings. The van der Waals surface area contributed by atoms with Crippen LogP contribution in [-0.4, -0.2) is 49.7 Å². The Labute approximate surface area is 197 Å². The van der Waals surface area contributed by atoms with Gasteiger partial charge in [0.05, 0.1) is 11.4 Å². The maximum absolute atomic E-state index is 13.6. The zero-order valence-electron chi connectivity index (χ0n) is 19.5. The number of imidazole rings is 1. The number of ketones is 1. The lowest BCUT2D eigenvalue weighted by molar-refractivity contribution is 0.0960. The predicted molar refractivity (Wildman–Crippen MR) is 130 cm³/mol. The van der Waals surface area contributed by atoms with Crippen LogP contribution in [0.15, 0.2) is 48.8 Å². The van der Waals surface area contributed by atoms with Gasteiger partial charge in [-0.3, -0.25) is 4.79 Å². The molecule has 1 aromatic carbocycles. The van der Waals surface area contributed by atoms with Crippen molar-refractivity contribution in [2.24, 2.45) is 0 Å². The number of aryl methyl sites for hydroxylation is 1. The van der Waals surface area contributed by atoms with E-state index in [1.54, 1.807) is 18.3 Å². The molecule has 7 nitrogen and oxygen atoms in total. The van der Waals surface area contributed by atoms with Gasteiger partial charge in [0, 0.05) is 41.2 Å². The zero-order chi connectivity index (χ0) is 24.0. The molecule has 34 heavy (non-hydrogen) atoms. The summed E-state index contributed by atoms with van der Waals surface area (Å²) in [5.74, 6) is -0.379.